The normalized spacial score (nSPS) is 29.2. The molecule has 1 saturated carbocycles. The molecule has 0 heterocycles. The summed E-state index contributed by atoms with van der Waals surface area (Å²) in [7, 11) is 1.69. The lowest BCUT2D eigenvalue weighted by Gasteiger charge is -2.35. The molecule has 1 amide bonds. The van der Waals surface area contributed by atoms with Crippen molar-refractivity contribution in [2.45, 2.75) is 44.4 Å². The van der Waals surface area contributed by atoms with Crippen molar-refractivity contribution in [2.24, 2.45) is 5.73 Å². The Hall–Kier alpha value is -0.610. The number of carbonyl (C=O) groups excluding carboxylic acids is 1. The van der Waals surface area contributed by atoms with E-state index in [2.05, 4.69) is 5.32 Å². The maximum atomic E-state index is 11.3. The van der Waals surface area contributed by atoms with Crippen LogP contribution in [0.5, 0.6) is 0 Å². The number of amides is 1. The summed E-state index contributed by atoms with van der Waals surface area (Å²) < 4.78 is 5.10. The molecule has 0 unspecified atom stereocenters. The van der Waals surface area contributed by atoms with Crippen molar-refractivity contribution in [3.8, 4) is 0 Å². The fourth-order valence-electron chi connectivity index (χ4n) is 1.37. The average Bonchev–Trinajstić information content (AvgIpc) is 2.08. The van der Waals surface area contributed by atoms with Gasteiger partial charge in [0.15, 0.2) is 0 Å². The number of hydrogen-bond acceptors (Lipinski definition) is 3. The maximum absolute atomic E-state index is 11.3. The molecular weight excluding hydrogens is 168 g/mol. The topological polar surface area (TPSA) is 64.4 Å². The maximum Gasteiger partial charge on any atom is 0.237 e. The third kappa shape index (κ3) is 2.67. The van der Waals surface area contributed by atoms with Crippen LogP contribution in [0.15, 0.2) is 0 Å². The zero-order valence-corrected chi connectivity index (χ0v) is 8.25. The molecule has 76 valence electrons. The van der Waals surface area contributed by atoms with E-state index in [0.29, 0.717) is 12.5 Å². The van der Waals surface area contributed by atoms with Crippen molar-refractivity contribution < 1.29 is 9.53 Å². The highest BCUT2D eigenvalue weighted by Crippen LogP contribution is 2.22. The van der Waals surface area contributed by atoms with Crippen LogP contribution in [0.3, 0.4) is 0 Å². The van der Waals surface area contributed by atoms with Crippen molar-refractivity contribution in [1.82, 2.24) is 5.32 Å². The summed E-state index contributed by atoms with van der Waals surface area (Å²) in [6.07, 6.45) is 2.84. The van der Waals surface area contributed by atoms with Crippen molar-refractivity contribution >= 4 is 5.91 Å². The summed E-state index contributed by atoms with van der Waals surface area (Å²) in [5.74, 6) is -0.0398. The van der Waals surface area contributed by atoms with Crippen LogP contribution >= 0.6 is 0 Å². The van der Waals surface area contributed by atoms with Gasteiger partial charge in [-0.3, -0.25) is 4.79 Å². The Morgan fingerprint density at radius 2 is 2.31 bits per heavy atom. The average molecular weight is 186 g/mol. The fraction of sp³-hybridized carbons (Fsp3) is 0.889. The first kappa shape index (κ1) is 10.5. The first-order chi connectivity index (χ1) is 6.17. The molecule has 0 saturated heterocycles. The van der Waals surface area contributed by atoms with Gasteiger partial charge in [0.25, 0.3) is 0 Å². The largest absolute Gasteiger partial charge is 0.381 e. The van der Waals surface area contributed by atoms with E-state index in [1.807, 2.05) is 6.92 Å². The van der Waals surface area contributed by atoms with Crippen molar-refractivity contribution in [1.29, 1.82) is 0 Å². The first-order valence-corrected chi connectivity index (χ1v) is 4.76. The Morgan fingerprint density at radius 1 is 1.69 bits per heavy atom. The van der Waals surface area contributed by atoms with Crippen LogP contribution in [0.1, 0.15) is 26.2 Å². The van der Waals surface area contributed by atoms with Crippen molar-refractivity contribution in [3.05, 3.63) is 0 Å². The number of ether oxygens (including phenoxy) is 1. The first-order valence-electron chi connectivity index (χ1n) is 4.76. The summed E-state index contributed by atoms with van der Waals surface area (Å²) in [6.45, 7) is 1.91. The Balaban J connectivity index is 2.16. The molecule has 0 aliphatic heterocycles. The summed E-state index contributed by atoms with van der Waals surface area (Å²) in [6, 6.07) is -0.0864. The molecule has 1 rings (SSSR count). The van der Waals surface area contributed by atoms with Gasteiger partial charge in [0.2, 0.25) is 5.91 Å². The van der Waals surface area contributed by atoms with Gasteiger partial charge in [-0.05, 0) is 19.3 Å². The van der Waals surface area contributed by atoms with Crippen LogP contribution in [0.25, 0.3) is 0 Å². The van der Waals surface area contributed by atoms with Crippen LogP contribution < -0.4 is 11.1 Å². The van der Waals surface area contributed by atoms with E-state index >= 15 is 0 Å². The van der Waals surface area contributed by atoms with E-state index in [1.165, 1.54) is 0 Å². The summed E-state index contributed by atoms with van der Waals surface area (Å²) in [4.78, 5) is 11.3. The second-order valence-electron chi connectivity index (χ2n) is 3.55. The summed E-state index contributed by atoms with van der Waals surface area (Å²) in [5.41, 5.74) is 5.57. The molecular formula is C9H18N2O2. The fourth-order valence-corrected chi connectivity index (χ4v) is 1.37. The molecule has 1 aliphatic carbocycles. The Labute approximate surface area is 78.8 Å². The van der Waals surface area contributed by atoms with E-state index < -0.39 is 0 Å². The van der Waals surface area contributed by atoms with E-state index in [0.717, 1.165) is 12.8 Å². The molecule has 1 fully saturated rings. The molecule has 0 radical (unpaired) electrons. The minimum absolute atomic E-state index is 0.0398. The van der Waals surface area contributed by atoms with E-state index in [9.17, 15) is 4.79 Å². The number of nitrogens with two attached hydrogens (primary N) is 1. The van der Waals surface area contributed by atoms with Gasteiger partial charge in [-0.1, -0.05) is 6.92 Å². The molecule has 4 nitrogen and oxygen atoms in total. The van der Waals surface area contributed by atoms with Crippen LogP contribution in [0.2, 0.25) is 0 Å². The summed E-state index contributed by atoms with van der Waals surface area (Å²) >= 11 is 0. The molecule has 4 heteroatoms. The molecule has 1 aliphatic rings. The van der Waals surface area contributed by atoms with Gasteiger partial charge in [0.1, 0.15) is 0 Å². The lowest BCUT2D eigenvalue weighted by molar-refractivity contribution is -0.124. The molecule has 1 atom stereocenters. The number of carbonyl (C=O) groups is 1. The summed E-state index contributed by atoms with van der Waals surface area (Å²) in [5, 5.41) is 2.89. The van der Waals surface area contributed by atoms with Gasteiger partial charge < -0.3 is 15.8 Å². The standard InChI is InChI=1S/C9H18N2O2/c1-3-8(10)9(12)11-6-4-7(5-6)13-2/h6-8H,3-5,10H2,1-2H3,(H,11,12)/t6?,7?,8-/m1/s1. The predicted octanol–water partition coefficient (Wildman–Crippen LogP) is 0.0173. The molecule has 3 N–H and O–H groups in total. The molecule has 0 aromatic heterocycles. The van der Waals surface area contributed by atoms with Gasteiger partial charge in [-0.15, -0.1) is 0 Å². The monoisotopic (exact) mass is 186 g/mol. The van der Waals surface area contributed by atoms with Crippen molar-refractivity contribution in [2.75, 3.05) is 7.11 Å². The lowest BCUT2D eigenvalue weighted by Crippen LogP contribution is -2.52. The third-order valence-corrected chi connectivity index (χ3v) is 2.55. The Kier molecular flexibility index (Phi) is 3.69. The van der Waals surface area contributed by atoms with Gasteiger partial charge in [-0.25, -0.2) is 0 Å². The minimum Gasteiger partial charge on any atom is -0.381 e. The molecule has 0 spiro atoms. The smallest absolute Gasteiger partial charge is 0.237 e. The second-order valence-corrected chi connectivity index (χ2v) is 3.55. The number of methoxy groups -OCH3 is 1. The van der Waals surface area contributed by atoms with E-state index in [1.54, 1.807) is 7.11 Å². The highest BCUT2D eigenvalue weighted by Gasteiger charge is 2.30. The van der Waals surface area contributed by atoms with E-state index in [-0.39, 0.29) is 18.0 Å². The van der Waals surface area contributed by atoms with Crippen molar-refractivity contribution in [3.63, 3.8) is 0 Å². The van der Waals surface area contributed by atoms with Crippen LogP contribution in [0, 0.1) is 0 Å². The zero-order chi connectivity index (χ0) is 9.84. The second kappa shape index (κ2) is 4.58. The Morgan fingerprint density at radius 3 is 2.77 bits per heavy atom. The molecule has 0 aromatic rings. The van der Waals surface area contributed by atoms with Gasteiger partial charge >= 0.3 is 0 Å². The van der Waals surface area contributed by atoms with Gasteiger partial charge in [0.05, 0.1) is 12.1 Å². The number of hydrogen-bond donors (Lipinski definition) is 2. The minimum atomic E-state index is -0.360. The predicted molar refractivity (Wildman–Crippen MR) is 50.2 cm³/mol. The molecule has 0 bridgehead atoms. The van der Waals surface area contributed by atoms with Crippen LogP contribution in [0.4, 0.5) is 0 Å². The highest BCUT2D eigenvalue weighted by atomic mass is 16.5. The number of nitrogens with one attached hydrogen (secondary N) is 1. The highest BCUT2D eigenvalue weighted by molar-refractivity contribution is 5.81. The van der Waals surface area contributed by atoms with Crippen LogP contribution in [-0.2, 0) is 9.53 Å². The quantitative estimate of drug-likeness (QED) is 0.650. The Bertz CT molecular complexity index is 178. The molecule has 13 heavy (non-hydrogen) atoms. The van der Waals surface area contributed by atoms with Gasteiger partial charge in [0, 0.05) is 13.2 Å². The van der Waals surface area contributed by atoms with Gasteiger partial charge in [-0.2, -0.15) is 0 Å². The number of rotatable bonds is 4. The molecule has 0 aromatic carbocycles. The van der Waals surface area contributed by atoms with E-state index in [4.69, 9.17) is 10.5 Å². The lowest BCUT2D eigenvalue weighted by atomic mass is 9.89. The SMILES string of the molecule is CC[C@@H](N)C(=O)NC1CC(OC)C1. The zero-order valence-electron chi connectivity index (χ0n) is 8.25. The van der Waals surface area contributed by atoms with Crippen LogP contribution in [-0.4, -0.2) is 31.2 Å². The third-order valence-electron chi connectivity index (χ3n) is 2.55.